The first-order chi connectivity index (χ1) is 10.8. The second-order valence-electron chi connectivity index (χ2n) is 8.03. The summed E-state index contributed by atoms with van der Waals surface area (Å²) in [4.78, 5) is 2.47. The van der Waals surface area contributed by atoms with Crippen LogP contribution in [0.2, 0.25) is 0 Å². The number of nitriles is 1. The Morgan fingerprint density at radius 2 is 1.65 bits per heavy atom. The third kappa shape index (κ3) is 2.60. The molecule has 1 aliphatic carbocycles. The lowest BCUT2D eigenvalue weighted by Gasteiger charge is -2.28. The van der Waals surface area contributed by atoms with Gasteiger partial charge in [-0.25, -0.2) is 0 Å². The van der Waals surface area contributed by atoms with Crippen LogP contribution in [-0.2, 0) is 22.1 Å². The van der Waals surface area contributed by atoms with Crippen LogP contribution in [0.1, 0.15) is 49.7 Å². The highest BCUT2D eigenvalue weighted by Crippen LogP contribution is 2.52. The van der Waals surface area contributed by atoms with E-state index in [1.807, 2.05) is 0 Å². The number of ether oxygens (including phenoxy) is 1. The molecule has 4 heteroatoms. The van der Waals surface area contributed by atoms with E-state index in [9.17, 15) is 5.26 Å². The maximum Gasteiger partial charge on any atom is 0.0822 e. The molecule has 1 aromatic rings. The predicted molar refractivity (Wildman–Crippen MR) is 91.8 cm³/mol. The maximum absolute atomic E-state index is 9.78. The van der Waals surface area contributed by atoms with Crippen molar-refractivity contribution in [1.29, 1.82) is 5.26 Å². The molecule has 0 radical (unpaired) electrons. The molecular formula is C19H29N3O. The lowest BCUT2D eigenvalue weighted by atomic mass is 9.80. The number of hydrogen-bond donors (Lipinski definition) is 0. The van der Waals surface area contributed by atoms with Gasteiger partial charge in [-0.3, -0.25) is 4.90 Å². The van der Waals surface area contributed by atoms with Gasteiger partial charge in [-0.2, -0.15) is 5.26 Å². The lowest BCUT2D eigenvalue weighted by Crippen LogP contribution is -2.38. The molecule has 23 heavy (non-hydrogen) atoms. The molecule has 4 nitrogen and oxygen atoms in total. The molecule has 2 heterocycles. The second-order valence-corrected chi connectivity index (χ2v) is 8.03. The number of nitrogens with zero attached hydrogens (tertiary/aromatic N) is 3. The fourth-order valence-electron chi connectivity index (χ4n) is 4.94. The standard InChI is InChI=1S/C19H29N3O/c1-14-16-17(19(5,13-20)12-18(16,3)4)15(2)22(14)7-6-21-8-10-23-11-9-21/h6-12H2,1-5H3. The summed E-state index contributed by atoms with van der Waals surface area (Å²) in [7, 11) is 0. The molecule has 0 N–H and O–H groups in total. The molecule has 0 amide bonds. The highest BCUT2D eigenvalue weighted by atomic mass is 16.5. The van der Waals surface area contributed by atoms with Gasteiger partial charge in [0.25, 0.3) is 0 Å². The maximum atomic E-state index is 9.78. The van der Waals surface area contributed by atoms with Gasteiger partial charge in [0.15, 0.2) is 0 Å². The van der Waals surface area contributed by atoms with Crippen LogP contribution in [0.15, 0.2) is 0 Å². The monoisotopic (exact) mass is 315 g/mol. The Balaban J connectivity index is 1.92. The molecule has 0 spiro atoms. The fourth-order valence-corrected chi connectivity index (χ4v) is 4.94. The molecule has 0 saturated carbocycles. The Morgan fingerprint density at radius 3 is 2.26 bits per heavy atom. The van der Waals surface area contributed by atoms with Gasteiger partial charge < -0.3 is 9.30 Å². The van der Waals surface area contributed by atoms with Crippen molar-refractivity contribution in [3.63, 3.8) is 0 Å². The molecule has 1 atom stereocenters. The van der Waals surface area contributed by atoms with Crippen molar-refractivity contribution >= 4 is 0 Å². The van der Waals surface area contributed by atoms with Crippen LogP contribution in [0.3, 0.4) is 0 Å². The minimum atomic E-state index is -0.349. The van der Waals surface area contributed by atoms with Gasteiger partial charge in [-0.15, -0.1) is 0 Å². The van der Waals surface area contributed by atoms with Gasteiger partial charge in [-0.05, 0) is 43.7 Å². The predicted octanol–water partition coefficient (Wildman–Crippen LogP) is 2.90. The van der Waals surface area contributed by atoms with E-state index in [4.69, 9.17) is 4.74 Å². The van der Waals surface area contributed by atoms with Gasteiger partial charge in [0.05, 0.1) is 24.7 Å². The van der Waals surface area contributed by atoms with E-state index >= 15 is 0 Å². The van der Waals surface area contributed by atoms with Crippen LogP contribution in [0.25, 0.3) is 0 Å². The molecule has 0 bridgehead atoms. The molecule has 3 rings (SSSR count). The zero-order valence-electron chi connectivity index (χ0n) is 15.2. The topological polar surface area (TPSA) is 41.2 Å². The van der Waals surface area contributed by atoms with E-state index in [0.717, 1.165) is 45.8 Å². The van der Waals surface area contributed by atoms with Crippen LogP contribution >= 0.6 is 0 Å². The minimum Gasteiger partial charge on any atom is -0.379 e. The first-order valence-corrected chi connectivity index (χ1v) is 8.72. The summed E-state index contributed by atoms with van der Waals surface area (Å²) >= 11 is 0. The van der Waals surface area contributed by atoms with Gasteiger partial charge in [0.1, 0.15) is 0 Å². The third-order valence-electron chi connectivity index (χ3n) is 5.80. The van der Waals surface area contributed by atoms with E-state index in [2.05, 4.69) is 50.2 Å². The van der Waals surface area contributed by atoms with Gasteiger partial charge in [-0.1, -0.05) is 13.8 Å². The molecule has 0 aromatic carbocycles. The van der Waals surface area contributed by atoms with Crippen LogP contribution in [0.4, 0.5) is 0 Å². The zero-order valence-corrected chi connectivity index (χ0v) is 15.2. The van der Waals surface area contributed by atoms with E-state index in [0.29, 0.717) is 0 Å². The summed E-state index contributed by atoms with van der Waals surface area (Å²) in [5, 5.41) is 9.78. The molecule has 1 aromatic heterocycles. The van der Waals surface area contributed by atoms with Crippen LogP contribution < -0.4 is 0 Å². The molecule has 1 saturated heterocycles. The van der Waals surface area contributed by atoms with E-state index in [1.165, 1.54) is 22.5 Å². The summed E-state index contributed by atoms with van der Waals surface area (Å²) in [6, 6.07) is 2.60. The molecular weight excluding hydrogens is 286 g/mol. The average molecular weight is 315 g/mol. The summed E-state index contributed by atoms with van der Waals surface area (Å²) in [6.07, 6.45) is 0.924. The summed E-state index contributed by atoms with van der Waals surface area (Å²) in [6.45, 7) is 16.9. The van der Waals surface area contributed by atoms with Crippen molar-refractivity contribution in [1.82, 2.24) is 9.47 Å². The highest BCUT2D eigenvalue weighted by molar-refractivity contribution is 5.55. The van der Waals surface area contributed by atoms with E-state index in [-0.39, 0.29) is 10.8 Å². The first kappa shape index (κ1) is 16.5. The Hall–Kier alpha value is -1.31. The fraction of sp³-hybridized carbons (Fsp3) is 0.737. The van der Waals surface area contributed by atoms with Crippen molar-refractivity contribution in [3.8, 4) is 6.07 Å². The summed E-state index contributed by atoms with van der Waals surface area (Å²) < 4.78 is 7.87. The normalized spacial score (nSPS) is 27.0. The van der Waals surface area contributed by atoms with Crippen molar-refractivity contribution in [2.24, 2.45) is 0 Å². The molecule has 1 aliphatic heterocycles. The smallest absolute Gasteiger partial charge is 0.0822 e. The number of aromatic nitrogens is 1. The Kier molecular flexibility index (Phi) is 4.06. The number of morpholine rings is 1. The Morgan fingerprint density at radius 1 is 1.04 bits per heavy atom. The molecule has 1 unspecified atom stereocenters. The lowest BCUT2D eigenvalue weighted by molar-refractivity contribution is 0.0362. The SMILES string of the molecule is Cc1c2c(c(C)n1CCN1CCOCC1)C(C)(C#N)CC2(C)C. The molecule has 126 valence electrons. The van der Waals surface area contributed by atoms with Gasteiger partial charge in [0, 0.05) is 37.6 Å². The largest absolute Gasteiger partial charge is 0.379 e. The van der Waals surface area contributed by atoms with Crippen molar-refractivity contribution in [3.05, 3.63) is 22.5 Å². The summed E-state index contributed by atoms with van der Waals surface area (Å²) in [5.74, 6) is 0. The van der Waals surface area contributed by atoms with E-state index < -0.39 is 0 Å². The number of hydrogen-bond acceptors (Lipinski definition) is 3. The van der Waals surface area contributed by atoms with Crippen molar-refractivity contribution < 1.29 is 4.74 Å². The van der Waals surface area contributed by atoms with Crippen molar-refractivity contribution in [2.45, 2.75) is 58.4 Å². The van der Waals surface area contributed by atoms with Gasteiger partial charge in [0.2, 0.25) is 0 Å². The second kappa shape index (κ2) is 5.65. The first-order valence-electron chi connectivity index (χ1n) is 8.72. The average Bonchev–Trinajstić information content (AvgIpc) is 2.90. The van der Waals surface area contributed by atoms with E-state index in [1.54, 1.807) is 0 Å². The number of fused-ring (bicyclic) bond motifs is 1. The third-order valence-corrected chi connectivity index (χ3v) is 5.80. The van der Waals surface area contributed by atoms with Gasteiger partial charge >= 0.3 is 0 Å². The minimum absolute atomic E-state index is 0.0822. The van der Waals surface area contributed by atoms with Crippen LogP contribution in [0, 0.1) is 25.2 Å². The van der Waals surface area contributed by atoms with Crippen LogP contribution in [-0.4, -0.2) is 42.3 Å². The van der Waals surface area contributed by atoms with Crippen molar-refractivity contribution in [2.75, 3.05) is 32.8 Å². The number of rotatable bonds is 3. The highest BCUT2D eigenvalue weighted by Gasteiger charge is 2.49. The Bertz CT molecular complexity index is 647. The van der Waals surface area contributed by atoms with Crippen LogP contribution in [0.5, 0.6) is 0 Å². The summed E-state index contributed by atoms with van der Waals surface area (Å²) in [5.41, 5.74) is 5.09. The molecule has 2 aliphatic rings. The zero-order chi connectivity index (χ0) is 16.8. The Labute approximate surface area is 140 Å². The quantitative estimate of drug-likeness (QED) is 0.861. The molecule has 1 fully saturated rings.